The zero-order valence-electron chi connectivity index (χ0n) is 33.0. The van der Waals surface area contributed by atoms with Crippen molar-refractivity contribution in [3.8, 4) is 33.4 Å². The molecule has 9 aromatic carbocycles. The molecule has 0 saturated carbocycles. The maximum Gasteiger partial charge on any atom is 0.0798 e. The largest absolute Gasteiger partial charge is 0.330 e. The van der Waals surface area contributed by atoms with Gasteiger partial charge in [-0.3, -0.25) is 0 Å². The molecule has 2 heteroatoms. The molecule has 0 saturated heterocycles. The van der Waals surface area contributed by atoms with E-state index in [0.717, 1.165) is 5.69 Å². The van der Waals surface area contributed by atoms with E-state index in [-0.39, 0.29) is 6.04 Å². The fourth-order valence-electron chi connectivity index (χ4n) is 10.2. The van der Waals surface area contributed by atoms with Crippen LogP contribution < -0.4 is 9.80 Å². The number of benzene rings is 9. The SMILES string of the molecule is C1=C(c2ccccc2)N(c2cccc(-c3ccc4c(c3)-c3ccccc3C43c4ccccc4N(c4ccccc4)c4ccccc43)c2)C1c1ccc(-c2ccccc2)cc1. The monoisotopic (exact) mass is 764 g/mol. The number of nitrogens with zero attached hydrogens (tertiary/aromatic N) is 2. The number of hydrogen-bond donors (Lipinski definition) is 0. The molecular weight excluding hydrogens is 725 g/mol. The summed E-state index contributed by atoms with van der Waals surface area (Å²) in [6.07, 6.45) is 2.41. The molecule has 3 aliphatic rings. The number of rotatable bonds is 6. The van der Waals surface area contributed by atoms with E-state index in [1.807, 2.05) is 0 Å². The maximum absolute atomic E-state index is 2.50. The lowest BCUT2D eigenvalue weighted by Gasteiger charge is -2.45. The third kappa shape index (κ3) is 5.14. The third-order valence-electron chi connectivity index (χ3n) is 12.9. The molecule has 2 aliphatic heterocycles. The van der Waals surface area contributed by atoms with Gasteiger partial charge in [-0.05, 0) is 115 Å². The van der Waals surface area contributed by atoms with Crippen molar-refractivity contribution in [2.24, 2.45) is 0 Å². The van der Waals surface area contributed by atoms with Crippen LogP contribution in [0, 0.1) is 0 Å². The Labute approximate surface area is 351 Å². The highest BCUT2D eigenvalue weighted by molar-refractivity contribution is 5.97. The van der Waals surface area contributed by atoms with Crippen LogP contribution >= 0.6 is 0 Å². The van der Waals surface area contributed by atoms with Crippen LogP contribution in [-0.4, -0.2) is 0 Å². The first kappa shape index (κ1) is 34.4. The van der Waals surface area contributed by atoms with Crippen molar-refractivity contribution in [2.75, 3.05) is 9.80 Å². The Morgan fingerprint density at radius 3 is 1.53 bits per heavy atom. The predicted molar refractivity (Wildman–Crippen MR) is 249 cm³/mol. The quantitative estimate of drug-likeness (QED) is 0.166. The molecule has 0 N–H and O–H groups in total. The Balaban J connectivity index is 0.978. The molecule has 1 aliphatic carbocycles. The van der Waals surface area contributed by atoms with Crippen LogP contribution in [0.2, 0.25) is 0 Å². The van der Waals surface area contributed by atoms with Crippen LogP contribution in [-0.2, 0) is 5.41 Å². The van der Waals surface area contributed by atoms with Gasteiger partial charge in [-0.2, -0.15) is 0 Å². The average molecular weight is 765 g/mol. The zero-order chi connectivity index (χ0) is 39.6. The molecule has 2 nitrogen and oxygen atoms in total. The normalized spacial score (nSPS) is 15.3. The minimum absolute atomic E-state index is 0.119. The van der Waals surface area contributed by atoms with Crippen LogP contribution in [0.15, 0.2) is 237 Å². The highest BCUT2D eigenvalue weighted by Crippen LogP contribution is 2.63. The van der Waals surface area contributed by atoms with Gasteiger partial charge in [-0.1, -0.05) is 188 Å². The van der Waals surface area contributed by atoms with Crippen molar-refractivity contribution in [1.29, 1.82) is 0 Å². The summed E-state index contributed by atoms with van der Waals surface area (Å²) in [6, 6.07) is 84.8. The summed E-state index contributed by atoms with van der Waals surface area (Å²) >= 11 is 0. The number of para-hydroxylation sites is 3. The van der Waals surface area contributed by atoms with Gasteiger partial charge < -0.3 is 9.80 Å². The minimum Gasteiger partial charge on any atom is -0.330 e. The van der Waals surface area contributed by atoms with E-state index in [2.05, 4.69) is 246 Å². The number of anilines is 4. The van der Waals surface area contributed by atoms with Crippen molar-refractivity contribution in [3.63, 3.8) is 0 Å². The lowest BCUT2D eigenvalue weighted by Crippen LogP contribution is -2.36. The van der Waals surface area contributed by atoms with Crippen LogP contribution in [0.4, 0.5) is 22.7 Å². The summed E-state index contributed by atoms with van der Waals surface area (Å²) in [7, 11) is 0. The van der Waals surface area contributed by atoms with E-state index in [1.165, 1.54) is 89.5 Å². The second-order valence-electron chi connectivity index (χ2n) is 16.0. The van der Waals surface area contributed by atoms with E-state index in [1.54, 1.807) is 0 Å². The fourth-order valence-corrected chi connectivity index (χ4v) is 10.2. The summed E-state index contributed by atoms with van der Waals surface area (Å²) < 4.78 is 0. The summed E-state index contributed by atoms with van der Waals surface area (Å²) in [5.41, 5.74) is 20.7. The van der Waals surface area contributed by atoms with Crippen molar-refractivity contribution in [2.45, 2.75) is 11.5 Å². The van der Waals surface area contributed by atoms with Crippen LogP contribution in [0.1, 0.15) is 39.4 Å². The molecule has 1 spiro atoms. The van der Waals surface area contributed by atoms with Crippen molar-refractivity contribution in [1.82, 2.24) is 0 Å². The van der Waals surface area contributed by atoms with Crippen LogP contribution in [0.3, 0.4) is 0 Å². The van der Waals surface area contributed by atoms with Crippen molar-refractivity contribution < 1.29 is 0 Å². The molecular formula is C58H40N2. The van der Waals surface area contributed by atoms with Gasteiger partial charge in [0.1, 0.15) is 0 Å². The molecule has 60 heavy (non-hydrogen) atoms. The van der Waals surface area contributed by atoms with Crippen LogP contribution in [0.25, 0.3) is 39.1 Å². The first-order valence-electron chi connectivity index (χ1n) is 20.9. The van der Waals surface area contributed by atoms with E-state index < -0.39 is 5.41 Å². The molecule has 0 fully saturated rings. The Morgan fingerprint density at radius 1 is 0.333 bits per heavy atom. The molecule has 0 amide bonds. The third-order valence-corrected chi connectivity index (χ3v) is 12.9. The van der Waals surface area contributed by atoms with Gasteiger partial charge in [0.2, 0.25) is 0 Å². The van der Waals surface area contributed by atoms with E-state index in [0.29, 0.717) is 0 Å². The van der Waals surface area contributed by atoms with Crippen molar-refractivity contribution in [3.05, 3.63) is 270 Å². The maximum atomic E-state index is 2.50. The average Bonchev–Trinajstić information content (AvgIpc) is 3.60. The summed E-state index contributed by atoms with van der Waals surface area (Å²) in [5.74, 6) is 0. The topological polar surface area (TPSA) is 6.48 Å². The molecule has 282 valence electrons. The highest BCUT2D eigenvalue weighted by atomic mass is 15.2. The summed E-state index contributed by atoms with van der Waals surface area (Å²) in [5, 5.41) is 0. The van der Waals surface area contributed by atoms with E-state index in [9.17, 15) is 0 Å². The Hall–Kier alpha value is -7.68. The first-order chi connectivity index (χ1) is 29.8. The van der Waals surface area contributed by atoms with E-state index in [4.69, 9.17) is 0 Å². The molecule has 1 unspecified atom stereocenters. The predicted octanol–water partition coefficient (Wildman–Crippen LogP) is 14.8. The van der Waals surface area contributed by atoms with Gasteiger partial charge in [0.05, 0.1) is 22.8 Å². The minimum atomic E-state index is -0.471. The first-order valence-corrected chi connectivity index (χ1v) is 20.9. The Bertz CT molecular complexity index is 3050. The second-order valence-corrected chi connectivity index (χ2v) is 16.0. The molecule has 0 bridgehead atoms. The van der Waals surface area contributed by atoms with Gasteiger partial charge in [0.25, 0.3) is 0 Å². The number of fused-ring (bicyclic) bond motifs is 9. The van der Waals surface area contributed by atoms with Crippen molar-refractivity contribution >= 4 is 28.4 Å². The Kier molecular flexibility index (Phi) is 7.86. The van der Waals surface area contributed by atoms with Gasteiger partial charge in [0, 0.05) is 17.1 Å². The standard InChI is InChI=1S/C58H40N2/c1-4-17-40(18-5-1)41-31-33-43(34-32-41)57-39-56(42-19-6-2-7-20-42)60(57)47-24-16-21-44(37-47)45-35-36-51-49(38-45)48-25-10-11-26-50(48)58(51)52-27-12-14-29-54(52)59(46-22-8-3-9-23-46)55-30-15-13-28-53(55)58/h1-39,57H. The molecule has 12 rings (SSSR count). The lowest BCUT2D eigenvalue weighted by molar-refractivity contribution is 0.753. The van der Waals surface area contributed by atoms with Crippen LogP contribution in [0.5, 0.6) is 0 Å². The molecule has 0 radical (unpaired) electrons. The number of hydrogen-bond acceptors (Lipinski definition) is 2. The highest BCUT2D eigenvalue weighted by Gasteiger charge is 2.51. The molecule has 2 heterocycles. The van der Waals surface area contributed by atoms with Gasteiger partial charge in [0.15, 0.2) is 0 Å². The lowest BCUT2D eigenvalue weighted by atomic mass is 9.64. The van der Waals surface area contributed by atoms with Gasteiger partial charge >= 0.3 is 0 Å². The summed E-state index contributed by atoms with van der Waals surface area (Å²) in [4.78, 5) is 4.94. The van der Waals surface area contributed by atoms with Gasteiger partial charge in [-0.15, -0.1) is 0 Å². The molecule has 1 atom stereocenters. The summed E-state index contributed by atoms with van der Waals surface area (Å²) in [6.45, 7) is 0. The molecule has 9 aromatic rings. The molecule has 0 aromatic heterocycles. The second kappa shape index (κ2) is 13.7. The zero-order valence-corrected chi connectivity index (χ0v) is 33.0. The van der Waals surface area contributed by atoms with E-state index >= 15 is 0 Å². The fraction of sp³-hybridized carbons (Fsp3) is 0.0345. The Morgan fingerprint density at radius 2 is 0.833 bits per heavy atom. The van der Waals surface area contributed by atoms with Gasteiger partial charge in [-0.25, -0.2) is 0 Å². The smallest absolute Gasteiger partial charge is 0.0798 e.